The van der Waals surface area contributed by atoms with Crippen molar-refractivity contribution in [2.24, 2.45) is 11.7 Å². The number of hydrogen-bond donors (Lipinski definition) is 1. The first-order valence-electron chi connectivity index (χ1n) is 7.47. The fourth-order valence-electron chi connectivity index (χ4n) is 3.23. The number of rotatable bonds is 5. The first-order chi connectivity index (χ1) is 9.63. The van der Waals surface area contributed by atoms with Crippen LogP contribution in [-0.4, -0.2) is 25.0 Å². The number of hydrogen-bond acceptors (Lipinski definition) is 2. The third kappa shape index (κ3) is 3.88. The van der Waals surface area contributed by atoms with Crippen LogP contribution in [0.4, 0.5) is 0 Å². The van der Waals surface area contributed by atoms with Gasteiger partial charge in [0.15, 0.2) is 0 Å². The molecular weight excluding hydrogens is 291 g/mol. The lowest BCUT2D eigenvalue weighted by Crippen LogP contribution is -2.35. The SMILES string of the molecule is CN(CC1CCCCC1)C(CN)c1cccc(Cl)c1Cl. The van der Waals surface area contributed by atoms with Gasteiger partial charge in [-0.2, -0.15) is 0 Å². The predicted molar refractivity (Wildman–Crippen MR) is 87.5 cm³/mol. The smallest absolute Gasteiger partial charge is 0.0640 e. The molecule has 4 heteroatoms. The van der Waals surface area contributed by atoms with Crippen LogP contribution in [-0.2, 0) is 0 Å². The Balaban J connectivity index is 2.08. The van der Waals surface area contributed by atoms with Crippen molar-refractivity contribution in [1.29, 1.82) is 0 Å². The van der Waals surface area contributed by atoms with E-state index in [2.05, 4.69) is 11.9 Å². The van der Waals surface area contributed by atoms with Gasteiger partial charge in [-0.05, 0) is 37.4 Å². The van der Waals surface area contributed by atoms with Gasteiger partial charge in [0.25, 0.3) is 0 Å². The molecule has 2 nitrogen and oxygen atoms in total. The van der Waals surface area contributed by atoms with Crippen LogP contribution in [0.15, 0.2) is 18.2 Å². The molecule has 0 saturated heterocycles. The van der Waals surface area contributed by atoms with Gasteiger partial charge in [-0.15, -0.1) is 0 Å². The Bertz CT molecular complexity index is 430. The van der Waals surface area contributed by atoms with Crippen LogP contribution >= 0.6 is 23.2 Å². The number of benzene rings is 1. The molecule has 0 aromatic heterocycles. The van der Waals surface area contributed by atoms with E-state index in [9.17, 15) is 0 Å². The Morgan fingerprint density at radius 3 is 2.60 bits per heavy atom. The molecule has 0 aliphatic heterocycles. The Morgan fingerprint density at radius 1 is 1.25 bits per heavy atom. The van der Waals surface area contributed by atoms with Crippen LogP contribution in [0.1, 0.15) is 43.7 Å². The van der Waals surface area contributed by atoms with E-state index in [0.29, 0.717) is 16.6 Å². The summed E-state index contributed by atoms with van der Waals surface area (Å²) in [6, 6.07) is 5.94. The Hall–Kier alpha value is -0.280. The minimum atomic E-state index is 0.142. The van der Waals surface area contributed by atoms with Crippen LogP contribution in [0.2, 0.25) is 10.0 Å². The maximum absolute atomic E-state index is 6.34. The highest BCUT2D eigenvalue weighted by atomic mass is 35.5. The largest absolute Gasteiger partial charge is 0.329 e. The summed E-state index contributed by atoms with van der Waals surface area (Å²) in [6.07, 6.45) is 6.80. The van der Waals surface area contributed by atoms with Gasteiger partial charge in [0.1, 0.15) is 0 Å². The molecule has 1 fully saturated rings. The average molecular weight is 315 g/mol. The molecule has 0 heterocycles. The zero-order valence-corrected chi connectivity index (χ0v) is 13.6. The van der Waals surface area contributed by atoms with Crippen LogP contribution in [0, 0.1) is 5.92 Å². The van der Waals surface area contributed by atoms with Crippen LogP contribution in [0.3, 0.4) is 0 Å². The van der Waals surface area contributed by atoms with Crippen molar-refractivity contribution < 1.29 is 0 Å². The van der Waals surface area contributed by atoms with Crippen molar-refractivity contribution in [3.8, 4) is 0 Å². The Morgan fingerprint density at radius 2 is 1.95 bits per heavy atom. The van der Waals surface area contributed by atoms with E-state index in [1.54, 1.807) is 0 Å². The van der Waals surface area contributed by atoms with Gasteiger partial charge in [0.2, 0.25) is 0 Å². The molecule has 0 radical (unpaired) electrons. The highest BCUT2D eigenvalue weighted by Gasteiger charge is 2.23. The second-order valence-corrected chi connectivity index (χ2v) is 6.62. The van der Waals surface area contributed by atoms with Crippen molar-refractivity contribution in [3.05, 3.63) is 33.8 Å². The number of likely N-dealkylation sites (N-methyl/N-ethyl adjacent to an activating group) is 1. The zero-order chi connectivity index (χ0) is 14.5. The normalized spacial score (nSPS) is 18.4. The fourth-order valence-corrected chi connectivity index (χ4v) is 3.66. The Kier molecular flexibility index (Phi) is 6.16. The van der Waals surface area contributed by atoms with E-state index in [1.165, 1.54) is 32.1 Å². The predicted octanol–water partition coefficient (Wildman–Crippen LogP) is 4.51. The highest BCUT2D eigenvalue weighted by molar-refractivity contribution is 6.42. The molecule has 1 aromatic rings. The van der Waals surface area contributed by atoms with Crippen molar-refractivity contribution in [2.75, 3.05) is 20.1 Å². The summed E-state index contributed by atoms with van der Waals surface area (Å²) in [6.45, 7) is 1.65. The molecule has 112 valence electrons. The maximum atomic E-state index is 6.34. The molecule has 1 atom stereocenters. The molecule has 20 heavy (non-hydrogen) atoms. The first kappa shape index (κ1) is 16.1. The van der Waals surface area contributed by atoms with Gasteiger partial charge in [-0.25, -0.2) is 0 Å². The van der Waals surface area contributed by atoms with Gasteiger partial charge < -0.3 is 5.73 Å². The van der Waals surface area contributed by atoms with E-state index in [-0.39, 0.29) is 6.04 Å². The number of nitrogens with zero attached hydrogens (tertiary/aromatic N) is 1. The highest BCUT2D eigenvalue weighted by Crippen LogP contribution is 2.33. The lowest BCUT2D eigenvalue weighted by Gasteiger charge is -2.33. The molecule has 0 spiro atoms. The minimum Gasteiger partial charge on any atom is -0.329 e. The Labute approximate surface area is 132 Å². The van der Waals surface area contributed by atoms with Gasteiger partial charge in [0.05, 0.1) is 10.0 Å². The number of halogens is 2. The van der Waals surface area contributed by atoms with E-state index in [1.807, 2.05) is 18.2 Å². The third-order valence-corrected chi connectivity index (χ3v) is 5.20. The maximum Gasteiger partial charge on any atom is 0.0640 e. The van der Waals surface area contributed by atoms with Crippen LogP contribution in [0.5, 0.6) is 0 Å². The average Bonchev–Trinajstić information content (AvgIpc) is 2.45. The summed E-state index contributed by atoms with van der Waals surface area (Å²) in [4.78, 5) is 2.34. The van der Waals surface area contributed by atoms with Gasteiger partial charge in [-0.1, -0.05) is 54.6 Å². The van der Waals surface area contributed by atoms with Crippen molar-refractivity contribution in [2.45, 2.75) is 38.1 Å². The summed E-state index contributed by atoms with van der Waals surface area (Å²) in [5.41, 5.74) is 7.03. The summed E-state index contributed by atoms with van der Waals surface area (Å²) >= 11 is 12.5. The van der Waals surface area contributed by atoms with Crippen molar-refractivity contribution in [1.82, 2.24) is 4.90 Å². The summed E-state index contributed by atoms with van der Waals surface area (Å²) in [7, 11) is 2.14. The molecule has 1 saturated carbocycles. The topological polar surface area (TPSA) is 29.3 Å². The quantitative estimate of drug-likeness (QED) is 0.866. The number of nitrogens with two attached hydrogens (primary N) is 1. The summed E-state index contributed by atoms with van der Waals surface area (Å²) in [5, 5.41) is 1.24. The van der Waals surface area contributed by atoms with Gasteiger partial charge in [-0.3, -0.25) is 4.90 Å². The molecule has 1 aliphatic carbocycles. The van der Waals surface area contributed by atoms with Crippen molar-refractivity contribution in [3.63, 3.8) is 0 Å². The second kappa shape index (κ2) is 7.65. The second-order valence-electron chi connectivity index (χ2n) is 5.84. The van der Waals surface area contributed by atoms with Crippen LogP contribution < -0.4 is 5.73 Å². The molecular formula is C16H24Cl2N2. The summed E-state index contributed by atoms with van der Waals surface area (Å²) < 4.78 is 0. The fraction of sp³-hybridized carbons (Fsp3) is 0.625. The molecule has 0 bridgehead atoms. The first-order valence-corrected chi connectivity index (χ1v) is 8.23. The molecule has 2 N–H and O–H groups in total. The van der Waals surface area contributed by atoms with Crippen molar-refractivity contribution >= 4 is 23.2 Å². The van der Waals surface area contributed by atoms with E-state index in [4.69, 9.17) is 28.9 Å². The summed E-state index contributed by atoms with van der Waals surface area (Å²) in [5.74, 6) is 0.792. The van der Waals surface area contributed by atoms with E-state index in [0.717, 1.165) is 18.0 Å². The zero-order valence-electron chi connectivity index (χ0n) is 12.1. The van der Waals surface area contributed by atoms with E-state index < -0.39 is 0 Å². The van der Waals surface area contributed by atoms with Gasteiger partial charge in [0, 0.05) is 19.1 Å². The lowest BCUT2D eigenvalue weighted by molar-refractivity contribution is 0.186. The van der Waals surface area contributed by atoms with E-state index >= 15 is 0 Å². The lowest BCUT2D eigenvalue weighted by atomic mass is 9.88. The molecule has 2 rings (SSSR count). The molecule has 1 aromatic carbocycles. The molecule has 1 unspecified atom stereocenters. The standard InChI is InChI=1S/C16H24Cl2N2/c1-20(11-12-6-3-2-4-7-12)15(10-19)13-8-5-9-14(17)16(13)18/h5,8-9,12,15H,2-4,6-7,10-11,19H2,1H3. The molecule has 1 aliphatic rings. The third-order valence-electron chi connectivity index (χ3n) is 4.37. The van der Waals surface area contributed by atoms with Gasteiger partial charge >= 0.3 is 0 Å². The monoisotopic (exact) mass is 314 g/mol. The molecule has 0 amide bonds. The minimum absolute atomic E-state index is 0.142. The van der Waals surface area contributed by atoms with Crippen LogP contribution in [0.25, 0.3) is 0 Å².